The highest BCUT2D eigenvalue weighted by Crippen LogP contribution is 2.30. The van der Waals surface area contributed by atoms with Crippen molar-refractivity contribution < 1.29 is 19.4 Å². The molecule has 2 N–H and O–H groups in total. The lowest BCUT2D eigenvalue weighted by Crippen LogP contribution is -2.57. The van der Waals surface area contributed by atoms with Crippen molar-refractivity contribution in [3.05, 3.63) is 29.8 Å². The molecule has 1 rings (SSSR count). The summed E-state index contributed by atoms with van der Waals surface area (Å²) in [6.07, 6.45) is 0.177. The van der Waals surface area contributed by atoms with E-state index in [2.05, 4.69) is 5.32 Å². The third kappa shape index (κ3) is 3.97. The maximum Gasteiger partial charge on any atom is 0.311 e. The summed E-state index contributed by atoms with van der Waals surface area (Å²) >= 11 is 0. The van der Waals surface area contributed by atoms with E-state index < -0.39 is 16.9 Å². The Bertz CT molecular complexity index is 535. The molecule has 0 saturated carbocycles. The van der Waals surface area contributed by atoms with Gasteiger partial charge in [0.05, 0.1) is 18.9 Å². The highest BCUT2D eigenvalue weighted by molar-refractivity contribution is 5.82. The van der Waals surface area contributed by atoms with E-state index in [1.807, 2.05) is 12.1 Å². The third-order valence-corrected chi connectivity index (χ3v) is 4.05. The molecule has 0 fully saturated rings. The monoisotopic (exact) mass is 293 g/mol. The van der Waals surface area contributed by atoms with Crippen molar-refractivity contribution in [1.82, 2.24) is 5.32 Å². The minimum absolute atomic E-state index is 0.177. The van der Waals surface area contributed by atoms with E-state index in [4.69, 9.17) is 4.74 Å². The summed E-state index contributed by atoms with van der Waals surface area (Å²) in [6.45, 7) is 6.62. The maximum atomic E-state index is 12.2. The number of rotatable bonds is 6. The number of carbonyl (C=O) groups excluding carboxylic acids is 1. The van der Waals surface area contributed by atoms with Crippen LogP contribution >= 0.6 is 0 Å². The topological polar surface area (TPSA) is 75.6 Å². The van der Waals surface area contributed by atoms with Crippen LogP contribution in [0.1, 0.15) is 33.3 Å². The van der Waals surface area contributed by atoms with Gasteiger partial charge in [0, 0.05) is 5.54 Å². The van der Waals surface area contributed by atoms with Crippen LogP contribution in [0.4, 0.5) is 0 Å². The van der Waals surface area contributed by atoms with E-state index in [1.54, 1.807) is 46.9 Å². The number of carboxylic acids is 1. The first kappa shape index (κ1) is 17.0. The van der Waals surface area contributed by atoms with Gasteiger partial charge in [0.15, 0.2) is 0 Å². The highest BCUT2D eigenvalue weighted by atomic mass is 16.5. The lowest BCUT2D eigenvalue weighted by atomic mass is 9.74. The van der Waals surface area contributed by atoms with Gasteiger partial charge >= 0.3 is 5.97 Å². The first-order valence-electron chi connectivity index (χ1n) is 6.77. The summed E-state index contributed by atoms with van der Waals surface area (Å²) in [5.74, 6) is -0.484. The normalized spacial score (nSPS) is 11.9. The van der Waals surface area contributed by atoms with E-state index in [-0.39, 0.29) is 12.3 Å². The van der Waals surface area contributed by atoms with Crippen LogP contribution in [0.5, 0.6) is 5.75 Å². The molecule has 1 aromatic rings. The molecule has 0 aliphatic rings. The predicted molar refractivity (Wildman–Crippen MR) is 80.3 cm³/mol. The largest absolute Gasteiger partial charge is 0.497 e. The van der Waals surface area contributed by atoms with Gasteiger partial charge in [0.2, 0.25) is 5.91 Å². The van der Waals surface area contributed by atoms with Crippen molar-refractivity contribution in [2.45, 2.75) is 39.7 Å². The Morgan fingerprint density at radius 3 is 2.38 bits per heavy atom. The lowest BCUT2D eigenvalue weighted by Gasteiger charge is -2.38. The molecule has 21 heavy (non-hydrogen) atoms. The van der Waals surface area contributed by atoms with Crippen molar-refractivity contribution in [3.63, 3.8) is 0 Å². The number of ether oxygens (including phenoxy) is 1. The zero-order chi connectivity index (χ0) is 16.3. The summed E-state index contributed by atoms with van der Waals surface area (Å²) < 4.78 is 5.11. The molecule has 0 aliphatic heterocycles. The fraction of sp³-hybridized carbons (Fsp3) is 0.500. The van der Waals surface area contributed by atoms with Gasteiger partial charge in [0.25, 0.3) is 0 Å². The summed E-state index contributed by atoms with van der Waals surface area (Å²) in [4.78, 5) is 23.5. The Labute approximate surface area is 125 Å². The molecule has 0 bridgehead atoms. The standard InChI is InChI=1S/C16H23NO4/c1-15(2,14(19)20)16(3,4)17-13(18)10-11-7-6-8-12(9-11)21-5/h6-9H,10H2,1-5H3,(H,17,18)(H,19,20). The van der Waals surface area contributed by atoms with Crippen LogP contribution in [-0.4, -0.2) is 29.6 Å². The predicted octanol–water partition coefficient (Wildman–Crippen LogP) is 2.24. The maximum absolute atomic E-state index is 12.2. The average molecular weight is 293 g/mol. The second-order valence-electron chi connectivity index (χ2n) is 6.13. The minimum Gasteiger partial charge on any atom is -0.497 e. The number of carboxylic acid groups (broad SMARTS) is 1. The van der Waals surface area contributed by atoms with Gasteiger partial charge in [-0.1, -0.05) is 12.1 Å². The Morgan fingerprint density at radius 2 is 1.86 bits per heavy atom. The quantitative estimate of drug-likeness (QED) is 0.843. The van der Waals surface area contributed by atoms with Gasteiger partial charge in [-0.15, -0.1) is 0 Å². The zero-order valence-electron chi connectivity index (χ0n) is 13.2. The van der Waals surface area contributed by atoms with Gasteiger partial charge < -0.3 is 15.2 Å². The summed E-state index contributed by atoms with van der Waals surface area (Å²) in [6, 6.07) is 7.24. The van der Waals surface area contributed by atoms with Crippen LogP contribution < -0.4 is 10.1 Å². The Balaban J connectivity index is 2.79. The highest BCUT2D eigenvalue weighted by Gasteiger charge is 2.44. The molecular formula is C16H23NO4. The lowest BCUT2D eigenvalue weighted by molar-refractivity contribution is -0.151. The van der Waals surface area contributed by atoms with Crippen LogP contribution in [0.3, 0.4) is 0 Å². The molecular weight excluding hydrogens is 270 g/mol. The van der Waals surface area contributed by atoms with Crippen molar-refractivity contribution in [1.29, 1.82) is 0 Å². The molecule has 0 heterocycles. The van der Waals surface area contributed by atoms with Gasteiger partial charge in [0.1, 0.15) is 5.75 Å². The van der Waals surface area contributed by atoms with Gasteiger partial charge in [-0.2, -0.15) is 0 Å². The van der Waals surface area contributed by atoms with Crippen molar-refractivity contribution in [2.24, 2.45) is 5.41 Å². The molecule has 1 amide bonds. The van der Waals surface area contributed by atoms with Gasteiger partial charge in [-0.3, -0.25) is 9.59 Å². The average Bonchev–Trinajstić information content (AvgIpc) is 2.37. The molecule has 0 unspecified atom stereocenters. The number of hydrogen-bond donors (Lipinski definition) is 2. The Kier molecular flexibility index (Phi) is 4.99. The Morgan fingerprint density at radius 1 is 1.24 bits per heavy atom. The number of carbonyl (C=O) groups is 2. The number of nitrogens with one attached hydrogen (secondary N) is 1. The van der Waals surface area contributed by atoms with E-state index in [1.165, 1.54) is 0 Å². The number of aliphatic carboxylic acids is 1. The van der Waals surface area contributed by atoms with E-state index in [9.17, 15) is 14.7 Å². The molecule has 1 aromatic carbocycles. The van der Waals surface area contributed by atoms with E-state index in [0.717, 1.165) is 5.56 Å². The van der Waals surface area contributed by atoms with Gasteiger partial charge in [-0.25, -0.2) is 0 Å². The summed E-state index contributed by atoms with van der Waals surface area (Å²) in [5, 5.41) is 12.1. The van der Waals surface area contributed by atoms with E-state index >= 15 is 0 Å². The minimum atomic E-state index is -1.07. The molecule has 5 nitrogen and oxygen atoms in total. The van der Waals surface area contributed by atoms with Crippen LogP contribution in [0.15, 0.2) is 24.3 Å². The van der Waals surface area contributed by atoms with Crippen LogP contribution in [-0.2, 0) is 16.0 Å². The van der Waals surface area contributed by atoms with Crippen molar-refractivity contribution in [3.8, 4) is 5.75 Å². The fourth-order valence-electron chi connectivity index (χ4n) is 1.78. The van der Waals surface area contributed by atoms with E-state index in [0.29, 0.717) is 5.75 Å². The number of methoxy groups -OCH3 is 1. The van der Waals surface area contributed by atoms with Crippen LogP contribution in [0, 0.1) is 5.41 Å². The second-order valence-corrected chi connectivity index (χ2v) is 6.13. The SMILES string of the molecule is COc1cccc(CC(=O)NC(C)(C)C(C)(C)C(=O)O)c1. The summed E-state index contributed by atoms with van der Waals surface area (Å²) in [7, 11) is 1.57. The first-order valence-corrected chi connectivity index (χ1v) is 6.77. The fourth-order valence-corrected chi connectivity index (χ4v) is 1.78. The Hall–Kier alpha value is -2.04. The zero-order valence-corrected chi connectivity index (χ0v) is 13.2. The molecule has 5 heteroatoms. The molecule has 0 saturated heterocycles. The molecule has 0 atom stereocenters. The smallest absolute Gasteiger partial charge is 0.311 e. The molecule has 0 radical (unpaired) electrons. The summed E-state index contributed by atoms with van der Waals surface area (Å²) in [5.41, 5.74) is -1.12. The third-order valence-electron chi connectivity index (χ3n) is 4.05. The van der Waals surface area contributed by atoms with Crippen LogP contribution in [0.2, 0.25) is 0 Å². The molecule has 0 aliphatic carbocycles. The molecule has 116 valence electrons. The number of hydrogen-bond acceptors (Lipinski definition) is 3. The first-order chi connectivity index (χ1) is 9.60. The van der Waals surface area contributed by atoms with Gasteiger partial charge in [-0.05, 0) is 45.4 Å². The molecule has 0 spiro atoms. The van der Waals surface area contributed by atoms with Crippen molar-refractivity contribution >= 4 is 11.9 Å². The second kappa shape index (κ2) is 6.16. The number of amides is 1. The van der Waals surface area contributed by atoms with Crippen LogP contribution in [0.25, 0.3) is 0 Å². The van der Waals surface area contributed by atoms with Crippen molar-refractivity contribution in [2.75, 3.05) is 7.11 Å². The number of benzene rings is 1. The molecule has 0 aromatic heterocycles.